The van der Waals surface area contributed by atoms with Crippen LogP contribution in [0.2, 0.25) is 0 Å². The number of nitro benzene ring substituents is 1. The molecule has 0 saturated carbocycles. The molecule has 0 aliphatic carbocycles. The van der Waals surface area contributed by atoms with Crippen LogP contribution < -0.4 is 5.32 Å². The predicted octanol–water partition coefficient (Wildman–Crippen LogP) is 3.57. The quantitative estimate of drug-likeness (QED) is 0.565. The number of aromatic nitrogens is 1. The second-order valence-electron chi connectivity index (χ2n) is 5.22. The fourth-order valence-corrected chi connectivity index (χ4v) is 2.21. The number of nitrogens with zero attached hydrogens (tertiary/aromatic N) is 2. The molecule has 1 amide bonds. The van der Waals surface area contributed by atoms with Crippen LogP contribution in [0.15, 0.2) is 59.1 Å². The van der Waals surface area contributed by atoms with Crippen molar-refractivity contribution in [3.63, 3.8) is 0 Å². The molecule has 7 nitrogen and oxygen atoms in total. The number of hydrogen-bond donors (Lipinski definition) is 1. The molecule has 0 aliphatic rings. The van der Waals surface area contributed by atoms with E-state index in [4.69, 9.17) is 4.52 Å². The Kier molecular flexibility index (Phi) is 4.51. The molecule has 0 saturated heterocycles. The number of hydrogen-bond acceptors (Lipinski definition) is 5. The number of rotatable bonds is 5. The molecule has 126 valence electrons. The average Bonchev–Trinajstić information content (AvgIpc) is 3.04. The lowest BCUT2D eigenvalue weighted by atomic mass is 10.1. The highest BCUT2D eigenvalue weighted by atomic mass is 19.1. The first-order valence-corrected chi connectivity index (χ1v) is 7.27. The molecule has 2 aromatic carbocycles. The second kappa shape index (κ2) is 6.91. The average molecular weight is 341 g/mol. The van der Waals surface area contributed by atoms with Gasteiger partial charge in [0.1, 0.15) is 5.82 Å². The Hall–Kier alpha value is -3.55. The maximum absolute atomic E-state index is 12.9. The van der Waals surface area contributed by atoms with E-state index in [1.807, 2.05) is 0 Å². The van der Waals surface area contributed by atoms with Crippen molar-refractivity contribution in [3.05, 3.63) is 76.2 Å². The zero-order chi connectivity index (χ0) is 17.8. The van der Waals surface area contributed by atoms with Gasteiger partial charge in [-0.1, -0.05) is 11.2 Å². The highest BCUT2D eigenvalue weighted by Gasteiger charge is 2.12. The summed E-state index contributed by atoms with van der Waals surface area (Å²) in [4.78, 5) is 22.2. The summed E-state index contributed by atoms with van der Waals surface area (Å²) in [7, 11) is 0. The van der Waals surface area contributed by atoms with Gasteiger partial charge in [0.05, 0.1) is 17.0 Å². The molecule has 0 radical (unpaired) electrons. The number of anilines is 1. The van der Waals surface area contributed by atoms with Crippen molar-refractivity contribution < 1.29 is 18.6 Å². The Morgan fingerprint density at radius 2 is 1.96 bits per heavy atom. The van der Waals surface area contributed by atoms with Crippen LogP contribution >= 0.6 is 0 Å². The summed E-state index contributed by atoms with van der Waals surface area (Å²) in [6.45, 7) is 0. The number of carbonyl (C=O) groups excluding carboxylic acids is 1. The van der Waals surface area contributed by atoms with Gasteiger partial charge in [0.2, 0.25) is 5.91 Å². The molecule has 1 aromatic heterocycles. The van der Waals surface area contributed by atoms with Crippen molar-refractivity contribution in [2.24, 2.45) is 0 Å². The van der Waals surface area contributed by atoms with Crippen LogP contribution in [-0.2, 0) is 11.2 Å². The molecule has 0 bridgehead atoms. The standard InChI is InChI=1S/C17H12FN3O4/c18-12-6-4-11(5-7-12)16-9-14(20-25-16)10-17(22)19-13-2-1-3-15(8-13)21(23)24/h1-9H,10H2,(H,19,22). The van der Waals surface area contributed by atoms with E-state index < -0.39 is 4.92 Å². The van der Waals surface area contributed by atoms with Crippen molar-refractivity contribution in [2.45, 2.75) is 6.42 Å². The topological polar surface area (TPSA) is 98.3 Å². The minimum absolute atomic E-state index is 0.0621. The van der Waals surface area contributed by atoms with Crippen LogP contribution in [0.5, 0.6) is 0 Å². The number of amides is 1. The number of non-ortho nitro benzene ring substituents is 1. The smallest absolute Gasteiger partial charge is 0.271 e. The highest BCUT2D eigenvalue weighted by molar-refractivity contribution is 5.92. The van der Waals surface area contributed by atoms with Gasteiger partial charge in [-0.25, -0.2) is 4.39 Å². The molecule has 0 aliphatic heterocycles. The number of nitrogens with one attached hydrogen (secondary N) is 1. The third-order valence-corrected chi connectivity index (χ3v) is 3.37. The Morgan fingerprint density at radius 1 is 1.20 bits per heavy atom. The molecule has 1 N–H and O–H groups in total. The summed E-state index contributed by atoms with van der Waals surface area (Å²) < 4.78 is 18.1. The number of halogens is 1. The summed E-state index contributed by atoms with van der Waals surface area (Å²) in [5.41, 5.74) is 1.24. The van der Waals surface area contributed by atoms with Gasteiger partial charge >= 0.3 is 0 Å². The van der Waals surface area contributed by atoms with Crippen molar-refractivity contribution >= 4 is 17.3 Å². The number of benzene rings is 2. The Labute approximate surface area is 141 Å². The van der Waals surface area contributed by atoms with E-state index in [2.05, 4.69) is 10.5 Å². The largest absolute Gasteiger partial charge is 0.356 e. The minimum Gasteiger partial charge on any atom is -0.356 e. The van der Waals surface area contributed by atoms with E-state index in [9.17, 15) is 19.3 Å². The lowest BCUT2D eigenvalue weighted by Gasteiger charge is -2.03. The summed E-state index contributed by atoms with van der Waals surface area (Å²) >= 11 is 0. The second-order valence-corrected chi connectivity index (χ2v) is 5.22. The van der Waals surface area contributed by atoms with Gasteiger partial charge in [-0.05, 0) is 30.3 Å². The van der Waals surface area contributed by atoms with Crippen molar-refractivity contribution in [2.75, 3.05) is 5.32 Å². The summed E-state index contributed by atoms with van der Waals surface area (Å²) in [5.74, 6) is -0.336. The van der Waals surface area contributed by atoms with E-state index in [1.54, 1.807) is 24.3 Å². The number of carbonyl (C=O) groups is 1. The van der Waals surface area contributed by atoms with Crippen LogP contribution in [0.4, 0.5) is 15.8 Å². The fourth-order valence-electron chi connectivity index (χ4n) is 2.21. The SMILES string of the molecule is O=C(Cc1cc(-c2ccc(F)cc2)on1)Nc1cccc([N+](=O)[O-])c1. The van der Waals surface area contributed by atoms with Gasteiger partial charge in [-0.15, -0.1) is 0 Å². The van der Waals surface area contributed by atoms with Crippen LogP contribution in [0.25, 0.3) is 11.3 Å². The van der Waals surface area contributed by atoms with Gasteiger partial charge < -0.3 is 9.84 Å². The normalized spacial score (nSPS) is 10.4. The highest BCUT2D eigenvalue weighted by Crippen LogP contribution is 2.21. The molecule has 0 atom stereocenters. The van der Waals surface area contributed by atoms with Gasteiger partial charge in [0.25, 0.3) is 5.69 Å². The molecular weight excluding hydrogens is 329 g/mol. The Balaban J connectivity index is 1.66. The van der Waals surface area contributed by atoms with Crippen LogP contribution in [0.1, 0.15) is 5.69 Å². The van der Waals surface area contributed by atoms with Gasteiger partial charge in [0.15, 0.2) is 5.76 Å². The third-order valence-electron chi connectivity index (χ3n) is 3.37. The summed E-state index contributed by atoms with van der Waals surface area (Å²) in [5, 5.41) is 17.1. The van der Waals surface area contributed by atoms with Crippen LogP contribution in [0, 0.1) is 15.9 Å². The first kappa shape index (κ1) is 16.3. The zero-order valence-electron chi connectivity index (χ0n) is 12.8. The van der Waals surface area contributed by atoms with Crippen molar-refractivity contribution in [1.82, 2.24) is 5.16 Å². The zero-order valence-corrected chi connectivity index (χ0v) is 12.8. The molecule has 0 fully saturated rings. The van der Waals surface area contributed by atoms with Crippen molar-refractivity contribution in [1.29, 1.82) is 0 Å². The van der Waals surface area contributed by atoms with Crippen molar-refractivity contribution in [3.8, 4) is 11.3 Å². The molecule has 1 heterocycles. The van der Waals surface area contributed by atoms with Gasteiger partial charge in [0, 0.05) is 29.4 Å². The molecule has 3 rings (SSSR count). The first-order valence-electron chi connectivity index (χ1n) is 7.27. The molecule has 8 heteroatoms. The molecule has 3 aromatic rings. The first-order chi connectivity index (χ1) is 12.0. The molecule has 0 spiro atoms. The maximum Gasteiger partial charge on any atom is 0.271 e. The van der Waals surface area contributed by atoms with E-state index in [0.717, 1.165) is 0 Å². The third kappa shape index (κ3) is 4.05. The minimum atomic E-state index is -0.539. The van der Waals surface area contributed by atoms with Gasteiger partial charge in [-0.2, -0.15) is 0 Å². The van der Waals surface area contributed by atoms with Crippen LogP contribution in [-0.4, -0.2) is 16.0 Å². The Bertz CT molecular complexity index is 922. The summed E-state index contributed by atoms with van der Waals surface area (Å²) in [6, 6.07) is 12.9. The molecular formula is C17H12FN3O4. The van der Waals surface area contributed by atoms with Crippen LogP contribution in [0.3, 0.4) is 0 Å². The van der Waals surface area contributed by atoms with Gasteiger partial charge in [-0.3, -0.25) is 14.9 Å². The van der Waals surface area contributed by atoms with E-state index >= 15 is 0 Å². The van der Waals surface area contributed by atoms with E-state index in [1.165, 1.54) is 30.3 Å². The monoisotopic (exact) mass is 341 g/mol. The predicted molar refractivity (Wildman–Crippen MR) is 87.3 cm³/mol. The van der Waals surface area contributed by atoms with E-state index in [0.29, 0.717) is 22.7 Å². The maximum atomic E-state index is 12.9. The fraction of sp³-hybridized carbons (Fsp3) is 0.0588. The summed E-state index contributed by atoms with van der Waals surface area (Å²) in [6.07, 6.45) is -0.0621. The molecule has 25 heavy (non-hydrogen) atoms. The lowest BCUT2D eigenvalue weighted by Crippen LogP contribution is -2.14. The molecule has 0 unspecified atom stereocenters. The Morgan fingerprint density at radius 3 is 2.68 bits per heavy atom. The lowest BCUT2D eigenvalue weighted by molar-refractivity contribution is -0.384. The number of nitro groups is 1. The van der Waals surface area contributed by atoms with E-state index in [-0.39, 0.29) is 23.8 Å².